The zero-order valence-electron chi connectivity index (χ0n) is 8.58. The molecule has 0 unspecified atom stereocenters. The van der Waals surface area contributed by atoms with Gasteiger partial charge in [-0.2, -0.15) is 0 Å². The van der Waals surface area contributed by atoms with Crippen LogP contribution in [0.5, 0.6) is 11.6 Å². The third-order valence-corrected chi connectivity index (χ3v) is 2.47. The van der Waals surface area contributed by atoms with E-state index in [2.05, 4.69) is 20.9 Å². The highest BCUT2D eigenvalue weighted by Gasteiger charge is 2.07. The number of halogens is 2. The molecule has 0 atom stereocenters. The summed E-state index contributed by atoms with van der Waals surface area (Å²) in [6.07, 6.45) is 1.61. The third kappa shape index (κ3) is 2.39. The van der Waals surface area contributed by atoms with Crippen LogP contribution in [0.15, 0.2) is 41.0 Å². The van der Waals surface area contributed by atoms with Gasteiger partial charge >= 0.3 is 0 Å². The van der Waals surface area contributed by atoms with Crippen molar-refractivity contribution in [2.45, 2.75) is 6.92 Å². The van der Waals surface area contributed by atoms with Crippen LogP contribution in [0.1, 0.15) is 5.56 Å². The Kier molecular flexibility index (Phi) is 3.19. The van der Waals surface area contributed by atoms with Gasteiger partial charge in [0.25, 0.3) is 0 Å². The van der Waals surface area contributed by atoms with E-state index in [1.807, 2.05) is 13.0 Å². The largest absolute Gasteiger partial charge is 0.436 e. The van der Waals surface area contributed by atoms with Gasteiger partial charge in [0, 0.05) is 16.2 Å². The first-order valence-electron chi connectivity index (χ1n) is 4.71. The van der Waals surface area contributed by atoms with E-state index in [1.54, 1.807) is 24.4 Å². The average Bonchev–Trinajstić information content (AvgIpc) is 2.25. The van der Waals surface area contributed by atoms with E-state index in [-0.39, 0.29) is 5.75 Å². The highest BCUT2D eigenvalue weighted by Crippen LogP contribution is 2.26. The molecule has 0 aliphatic carbocycles. The number of benzene rings is 1. The van der Waals surface area contributed by atoms with Crippen molar-refractivity contribution in [2.24, 2.45) is 0 Å². The Labute approximate surface area is 101 Å². The molecule has 2 rings (SSSR count). The van der Waals surface area contributed by atoms with Gasteiger partial charge in [0.15, 0.2) is 11.6 Å². The van der Waals surface area contributed by atoms with Crippen molar-refractivity contribution in [2.75, 3.05) is 0 Å². The first-order chi connectivity index (χ1) is 7.66. The maximum absolute atomic E-state index is 13.3. The summed E-state index contributed by atoms with van der Waals surface area (Å²) in [6.45, 7) is 1.86. The van der Waals surface area contributed by atoms with Gasteiger partial charge in [-0.25, -0.2) is 9.37 Å². The monoisotopic (exact) mass is 281 g/mol. The molecule has 0 radical (unpaired) electrons. The van der Waals surface area contributed by atoms with Gasteiger partial charge in [-0.05, 0) is 41.1 Å². The van der Waals surface area contributed by atoms with E-state index in [0.717, 1.165) is 10.0 Å². The summed E-state index contributed by atoms with van der Waals surface area (Å²) in [4.78, 5) is 4.08. The van der Waals surface area contributed by atoms with Gasteiger partial charge < -0.3 is 4.74 Å². The Bertz CT molecular complexity index is 516. The van der Waals surface area contributed by atoms with E-state index in [0.29, 0.717) is 5.88 Å². The molecule has 1 aromatic carbocycles. The van der Waals surface area contributed by atoms with Crippen molar-refractivity contribution in [3.05, 3.63) is 52.4 Å². The molecule has 0 aliphatic heterocycles. The fraction of sp³-hybridized carbons (Fsp3) is 0.0833. The van der Waals surface area contributed by atoms with Gasteiger partial charge in [-0.3, -0.25) is 0 Å². The Morgan fingerprint density at radius 1 is 1.31 bits per heavy atom. The molecule has 0 fully saturated rings. The molecule has 1 heterocycles. The van der Waals surface area contributed by atoms with Crippen molar-refractivity contribution in [3.63, 3.8) is 0 Å². The lowest BCUT2D eigenvalue weighted by Gasteiger charge is -2.07. The van der Waals surface area contributed by atoms with Crippen molar-refractivity contribution < 1.29 is 9.13 Å². The average molecular weight is 282 g/mol. The first kappa shape index (κ1) is 11.1. The molecular weight excluding hydrogens is 273 g/mol. The predicted octanol–water partition coefficient (Wildman–Crippen LogP) is 4.08. The summed E-state index contributed by atoms with van der Waals surface area (Å²) in [5.74, 6) is 0.195. The van der Waals surface area contributed by atoms with Crippen LogP contribution in [0, 0.1) is 12.7 Å². The third-order valence-electron chi connectivity index (χ3n) is 2.04. The predicted molar refractivity (Wildman–Crippen MR) is 63.1 cm³/mol. The van der Waals surface area contributed by atoms with Crippen LogP contribution in [-0.2, 0) is 0 Å². The summed E-state index contributed by atoms with van der Waals surface area (Å²) < 4.78 is 19.6. The van der Waals surface area contributed by atoms with Crippen LogP contribution >= 0.6 is 15.9 Å². The van der Waals surface area contributed by atoms with E-state index in [4.69, 9.17) is 4.74 Å². The topological polar surface area (TPSA) is 22.1 Å². The minimum atomic E-state index is -0.397. The van der Waals surface area contributed by atoms with Gasteiger partial charge in [-0.15, -0.1) is 0 Å². The summed E-state index contributed by atoms with van der Waals surface area (Å²) in [5.41, 5.74) is 0.845. The minimum Gasteiger partial charge on any atom is -0.436 e. The van der Waals surface area contributed by atoms with Crippen LogP contribution in [-0.4, -0.2) is 4.98 Å². The molecule has 0 N–H and O–H groups in total. The zero-order valence-corrected chi connectivity index (χ0v) is 10.2. The molecule has 16 heavy (non-hydrogen) atoms. The quantitative estimate of drug-likeness (QED) is 0.827. The smallest absolute Gasteiger partial charge is 0.222 e. The number of hydrogen-bond acceptors (Lipinski definition) is 2. The summed E-state index contributed by atoms with van der Waals surface area (Å²) in [5, 5.41) is 0. The summed E-state index contributed by atoms with van der Waals surface area (Å²) >= 11 is 3.30. The van der Waals surface area contributed by atoms with E-state index in [9.17, 15) is 4.39 Å². The second kappa shape index (κ2) is 4.61. The molecule has 0 saturated carbocycles. The molecule has 0 aliphatic rings. The molecule has 0 bridgehead atoms. The van der Waals surface area contributed by atoms with E-state index < -0.39 is 5.82 Å². The molecule has 0 saturated heterocycles. The van der Waals surface area contributed by atoms with Crippen molar-refractivity contribution in [1.29, 1.82) is 0 Å². The Hall–Kier alpha value is -1.42. The maximum atomic E-state index is 13.3. The lowest BCUT2D eigenvalue weighted by Crippen LogP contribution is -1.93. The SMILES string of the molecule is Cc1cc(Br)cnc1Oc1ccccc1F. The van der Waals surface area contributed by atoms with Crippen molar-refractivity contribution in [1.82, 2.24) is 4.98 Å². The molecule has 2 aromatic rings. The number of ether oxygens (including phenoxy) is 1. The normalized spacial score (nSPS) is 10.2. The molecule has 4 heteroatoms. The Balaban J connectivity index is 2.31. The maximum Gasteiger partial charge on any atom is 0.222 e. The van der Waals surface area contributed by atoms with Crippen LogP contribution in [0.2, 0.25) is 0 Å². The number of pyridine rings is 1. The molecule has 0 amide bonds. The zero-order chi connectivity index (χ0) is 11.5. The van der Waals surface area contributed by atoms with Gasteiger partial charge in [0.2, 0.25) is 5.88 Å². The second-order valence-corrected chi connectivity index (χ2v) is 4.22. The fourth-order valence-electron chi connectivity index (χ4n) is 1.27. The highest BCUT2D eigenvalue weighted by atomic mass is 79.9. The lowest BCUT2D eigenvalue weighted by atomic mass is 10.3. The van der Waals surface area contributed by atoms with Gasteiger partial charge in [0.1, 0.15) is 0 Å². The standard InChI is InChI=1S/C12H9BrFNO/c1-8-6-9(13)7-15-12(8)16-11-5-3-2-4-10(11)14/h2-7H,1H3. The Morgan fingerprint density at radius 2 is 2.06 bits per heavy atom. The molecular formula is C12H9BrFNO. The van der Waals surface area contributed by atoms with Gasteiger partial charge in [-0.1, -0.05) is 12.1 Å². The highest BCUT2D eigenvalue weighted by molar-refractivity contribution is 9.10. The number of aromatic nitrogens is 1. The van der Waals surface area contributed by atoms with Crippen molar-refractivity contribution in [3.8, 4) is 11.6 Å². The summed E-state index contributed by atoms with van der Waals surface area (Å²) in [6, 6.07) is 8.11. The number of hydrogen-bond donors (Lipinski definition) is 0. The van der Waals surface area contributed by atoms with Crippen molar-refractivity contribution >= 4 is 15.9 Å². The fourth-order valence-corrected chi connectivity index (χ4v) is 1.71. The molecule has 1 aromatic heterocycles. The van der Waals surface area contributed by atoms with Gasteiger partial charge in [0.05, 0.1) is 0 Å². The second-order valence-electron chi connectivity index (χ2n) is 3.31. The minimum absolute atomic E-state index is 0.181. The lowest BCUT2D eigenvalue weighted by molar-refractivity contribution is 0.424. The van der Waals surface area contributed by atoms with Crippen LogP contribution < -0.4 is 4.74 Å². The molecule has 2 nitrogen and oxygen atoms in total. The molecule has 0 spiro atoms. The number of para-hydroxylation sites is 1. The Morgan fingerprint density at radius 3 is 2.75 bits per heavy atom. The number of aryl methyl sites for hydroxylation is 1. The van der Waals surface area contributed by atoms with Crippen LogP contribution in [0.3, 0.4) is 0 Å². The number of nitrogens with zero attached hydrogens (tertiary/aromatic N) is 1. The first-order valence-corrected chi connectivity index (χ1v) is 5.50. The van der Waals surface area contributed by atoms with Crippen LogP contribution in [0.25, 0.3) is 0 Å². The van der Waals surface area contributed by atoms with Crippen LogP contribution in [0.4, 0.5) is 4.39 Å². The molecule has 82 valence electrons. The number of rotatable bonds is 2. The van der Waals surface area contributed by atoms with E-state index in [1.165, 1.54) is 6.07 Å². The summed E-state index contributed by atoms with van der Waals surface area (Å²) in [7, 11) is 0. The van der Waals surface area contributed by atoms with E-state index >= 15 is 0 Å².